The number of carboxylic acids is 1. The Morgan fingerprint density at radius 1 is 1.00 bits per heavy atom. The first-order valence-electron chi connectivity index (χ1n) is 6.65. The minimum Gasteiger partial charge on any atom is -0.478 e. The Balaban J connectivity index is 6.19. The molecule has 0 aromatic rings. The summed E-state index contributed by atoms with van der Waals surface area (Å²) in [6, 6.07) is 0. The molecule has 0 aliphatic rings. The van der Waals surface area contributed by atoms with E-state index in [1.165, 1.54) is 7.11 Å². The summed E-state index contributed by atoms with van der Waals surface area (Å²) in [6.07, 6.45) is 1.07. The first-order chi connectivity index (χ1) is 8.62. The van der Waals surface area contributed by atoms with Crippen LogP contribution in [-0.4, -0.2) is 32.2 Å². The zero-order valence-electron chi connectivity index (χ0n) is 13.0. The average molecular weight is 286 g/mol. The second-order valence-corrected chi connectivity index (χ2v) is 11.7. The Morgan fingerprint density at radius 3 is 1.58 bits per heavy atom. The van der Waals surface area contributed by atoms with E-state index in [4.69, 9.17) is 9.84 Å². The zero-order chi connectivity index (χ0) is 15.4. The highest BCUT2D eigenvalue weighted by atomic mass is 28.3. The summed E-state index contributed by atoms with van der Waals surface area (Å²) >= 11 is 0. The molecule has 110 valence electrons. The van der Waals surface area contributed by atoms with E-state index < -0.39 is 20.0 Å². The Labute approximate surface area is 116 Å². The van der Waals surface area contributed by atoms with Gasteiger partial charge in [-0.25, -0.2) is 9.59 Å². The highest BCUT2D eigenvalue weighted by molar-refractivity contribution is 6.93. The number of ether oxygens (including phenoxy) is 1. The van der Waals surface area contributed by atoms with Crippen LogP contribution in [0.3, 0.4) is 0 Å². The van der Waals surface area contributed by atoms with Gasteiger partial charge in [0, 0.05) is 11.3 Å². The molecule has 0 bridgehead atoms. The van der Waals surface area contributed by atoms with Crippen LogP contribution in [0, 0.1) is 0 Å². The number of hydrogen-bond donors (Lipinski definition) is 1. The molecule has 4 nitrogen and oxygen atoms in total. The summed E-state index contributed by atoms with van der Waals surface area (Å²) in [6.45, 7) is 12.4. The molecule has 0 aliphatic heterocycles. The van der Waals surface area contributed by atoms with Crippen LogP contribution in [0.2, 0.25) is 16.6 Å². The number of rotatable bonds is 6. The minimum atomic E-state index is -2.30. The summed E-state index contributed by atoms with van der Waals surface area (Å²) in [7, 11) is -0.994. The molecule has 0 amide bonds. The summed E-state index contributed by atoms with van der Waals surface area (Å²) in [5.41, 5.74) is 0.784. The third-order valence-corrected chi connectivity index (χ3v) is 11.0. The van der Waals surface area contributed by atoms with E-state index in [0.29, 0.717) is 5.20 Å². The topological polar surface area (TPSA) is 63.6 Å². The molecule has 0 atom stereocenters. The van der Waals surface area contributed by atoms with Gasteiger partial charge in [-0.05, 0) is 16.6 Å². The van der Waals surface area contributed by atoms with Crippen LogP contribution in [0.4, 0.5) is 0 Å². The molecular formula is C14H26O4Si. The Hall–Kier alpha value is -1.10. The molecule has 1 N–H and O–H groups in total. The molecule has 0 aliphatic carbocycles. The lowest BCUT2D eigenvalue weighted by atomic mass is 10.4. The van der Waals surface area contributed by atoms with Crippen LogP contribution < -0.4 is 0 Å². The zero-order valence-corrected chi connectivity index (χ0v) is 14.0. The molecule has 0 aromatic carbocycles. The van der Waals surface area contributed by atoms with Gasteiger partial charge in [-0.15, -0.1) is 0 Å². The van der Waals surface area contributed by atoms with Gasteiger partial charge in [0.15, 0.2) is 0 Å². The molecule has 5 heteroatoms. The molecule has 0 heterocycles. The van der Waals surface area contributed by atoms with Gasteiger partial charge in [-0.3, -0.25) is 0 Å². The Morgan fingerprint density at radius 2 is 1.37 bits per heavy atom. The molecule has 0 aromatic heterocycles. The highest BCUT2D eigenvalue weighted by Gasteiger charge is 2.49. The third kappa shape index (κ3) is 3.46. The molecular weight excluding hydrogens is 260 g/mol. The monoisotopic (exact) mass is 286 g/mol. The smallest absolute Gasteiger partial charge is 0.329 e. The van der Waals surface area contributed by atoms with Crippen LogP contribution >= 0.6 is 0 Å². The molecule has 0 saturated heterocycles. The van der Waals surface area contributed by atoms with Gasteiger partial charge in [-0.2, -0.15) is 0 Å². The van der Waals surface area contributed by atoms with Crippen molar-refractivity contribution in [2.75, 3.05) is 7.11 Å². The maximum Gasteiger partial charge on any atom is 0.329 e. The number of aliphatic carboxylic acids is 1. The van der Waals surface area contributed by atoms with Gasteiger partial charge in [0.2, 0.25) is 0 Å². The van der Waals surface area contributed by atoms with E-state index in [1.807, 2.05) is 0 Å². The fraction of sp³-hybridized carbons (Fsp3) is 0.714. The largest absolute Gasteiger partial charge is 0.478 e. The molecule has 0 unspecified atom stereocenters. The lowest BCUT2D eigenvalue weighted by molar-refractivity contribution is -0.136. The third-order valence-electron chi connectivity index (χ3n) is 4.01. The van der Waals surface area contributed by atoms with Crippen LogP contribution in [0.5, 0.6) is 0 Å². The van der Waals surface area contributed by atoms with E-state index in [1.54, 1.807) is 0 Å². The van der Waals surface area contributed by atoms with Gasteiger partial charge in [0.05, 0.1) is 7.11 Å². The van der Waals surface area contributed by atoms with Crippen molar-refractivity contribution in [1.82, 2.24) is 0 Å². The van der Waals surface area contributed by atoms with Crippen molar-refractivity contribution in [3.63, 3.8) is 0 Å². The van der Waals surface area contributed by atoms with Crippen LogP contribution in [-0.2, 0) is 14.3 Å². The number of carboxylic acid groups (broad SMARTS) is 1. The van der Waals surface area contributed by atoms with E-state index >= 15 is 0 Å². The van der Waals surface area contributed by atoms with Gasteiger partial charge >= 0.3 is 11.9 Å². The van der Waals surface area contributed by atoms with Crippen molar-refractivity contribution in [2.24, 2.45) is 0 Å². The first-order valence-corrected chi connectivity index (χ1v) is 8.88. The van der Waals surface area contributed by atoms with Crippen molar-refractivity contribution in [3.8, 4) is 0 Å². The maximum atomic E-state index is 12.1. The Bertz CT molecular complexity index is 348. The standard InChI is InChI=1S/C14H26O4Si/c1-9(2)19(10(3)4,11(5)6)12(8-13(15)16)14(17)18-7/h8-11H,1-7H3,(H,15,16)/b12-8-. The maximum absolute atomic E-state index is 12.1. The van der Waals surface area contributed by atoms with Crippen molar-refractivity contribution >= 4 is 20.0 Å². The van der Waals surface area contributed by atoms with Crippen LogP contribution in [0.25, 0.3) is 0 Å². The van der Waals surface area contributed by atoms with Gasteiger partial charge in [0.25, 0.3) is 0 Å². The van der Waals surface area contributed by atoms with Crippen LogP contribution in [0.15, 0.2) is 11.3 Å². The predicted octanol–water partition coefficient (Wildman–Crippen LogP) is 3.39. The van der Waals surface area contributed by atoms with Crippen molar-refractivity contribution < 1.29 is 19.4 Å². The number of carbonyl (C=O) groups excluding carboxylic acids is 1. The van der Waals surface area contributed by atoms with Crippen LogP contribution in [0.1, 0.15) is 41.5 Å². The van der Waals surface area contributed by atoms with Crippen molar-refractivity contribution in [2.45, 2.75) is 58.2 Å². The highest BCUT2D eigenvalue weighted by Crippen LogP contribution is 2.46. The average Bonchev–Trinajstić information content (AvgIpc) is 2.25. The van der Waals surface area contributed by atoms with Crippen molar-refractivity contribution in [3.05, 3.63) is 11.3 Å². The molecule has 0 radical (unpaired) electrons. The second kappa shape index (κ2) is 6.89. The number of esters is 1. The Kier molecular flexibility index (Phi) is 6.49. The lowest BCUT2D eigenvalue weighted by Crippen LogP contribution is -2.49. The molecule has 0 rings (SSSR count). The number of hydrogen-bond acceptors (Lipinski definition) is 3. The number of methoxy groups -OCH3 is 1. The molecule has 0 fully saturated rings. The van der Waals surface area contributed by atoms with Gasteiger partial charge < -0.3 is 9.84 Å². The minimum absolute atomic E-state index is 0.261. The quantitative estimate of drug-likeness (QED) is 0.462. The lowest BCUT2D eigenvalue weighted by Gasteiger charge is -2.43. The summed E-state index contributed by atoms with van der Waals surface area (Å²) in [5.74, 6) is -1.58. The van der Waals surface area contributed by atoms with E-state index in [9.17, 15) is 9.59 Å². The fourth-order valence-electron chi connectivity index (χ4n) is 3.53. The SMILES string of the molecule is COC(=O)/C(=C/C(=O)O)[Si](C(C)C)(C(C)C)C(C)C. The first kappa shape index (κ1) is 17.9. The molecule has 0 spiro atoms. The van der Waals surface area contributed by atoms with Crippen molar-refractivity contribution in [1.29, 1.82) is 0 Å². The fourth-order valence-corrected chi connectivity index (χ4v) is 10.2. The normalized spacial score (nSPS) is 13.3. The summed E-state index contributed by atoms with van der Waals surface area (Å²) in [4.78, 5) is 23.2. The van der Waals surface area contributed by atoms with E-state index in [-0.39, 0.29) is 16.6 Å². The van der Waals surface area contributed by atoms with Gasteiger partial charge in [-0.1, -0.05) is 41.5 Å². The predicted molar refractivity (Wildman–Crippen MR) is 78.8 cm³/mol. The summed E-state index contributed by atoms with van der Waals surface area (Å²) < 4.78 is 4.83. The van der Waals surface area contributed by atoms with E-state index in [0.717, 1.165) is 6.08 Å². The molecule has 19 heavy (non-hydrogen) atoms. The molecule has 0 saturated carbocycles. The number of carbonyl (C=O) groups is 2. The summed E-state index contributed by atoms with van der Waals surface area (Å²) in [5, 5.41) is 9.47. The second-order valence-electron chi connectivity index (χ2n) is 5.78. The van der Waals surface area contributed by atoms with Gasteiger partial charge in [0.1, 0.15) is 8.07 Å². The van der Waals surface area contributed by atoms with E-state index in [2.05, 4.69) is 41.5 Å².